The van der Waals surface area contributed by atoms with E-state index in [9.17, 15) is 0 Å². The molecule has 0 aromatic heterocycles. The minimum Gasteiger partial charge on any atom is -0.309 e. The Kier molecular flexibility index (Phi) is 3.88. The lowest BCUT2D eigenvalue weighted by atomic mass is 9.63. The van der Waals surface area contributed by atoms with Crippen molar-refractivity contribution < 1.29 is 0 Å². The zero-order valence-electron chi connectivity index (χ0n) is 11.4. The van der Waals surface area contributed by atoms with Gasteiger partial charge in [0.15, 0.2) is 0 Å². The molecule has 0 saturated heterocycles. The fourth-order valence-electron chi connectivity index (χ4n) is 3.34. The van der Waals surface area contributed by atoms with E-state index in [-0.39, 0.29) is 0 Å². The molecule has 2 rings (SSSR count). The van der Waals surface area contributed by atoms with Gasteiger partial charge in [-0.1, -0.05) is 50.1 Å². The zero-order chi connectivity index (χ0) is 12.3. The summed E-state index contributed by atoms with van der Waals surface area (Å²) in [6, 6.07) is 11.1. The third kappa shape index (κ3) is 2.71. The summed E-state index contributed by atoms with van der Waals surface area (Å²) in [4.78, 5) is 2.34. The molecule has 1 heteroatoms. The molecule has 2 atom stereocenters. The third-order valence-corrected chi connectivity index (χ3v) is 4.42. The van der Waals surface area contributed by atoms with Gasteiger partial charge in [0.1, 0.15) is 0 Å². The number of hydrogen-bond donors (Lipinski definition) is 0. The minimum absolute atomic E-state index is 0.379. The standard InChI is InChI=1S/C16H25N/c1-16(14-9-5-4-6-10-14)12-8-7-11-15(16)13-17(2)3/h4-6,9-10,15H,7-8,11-13H2,1-3H3. The van der Waals surface area contributed by atoms with Gasteiger partial charge in [0.2, 0.25) is 0 Å². The van der Waals surface area contributed by atoms with E-state index in [2.05, 4.69) is 56.3 Å². The van der Waals surface area contributed by atoms with Crippen molar-refractivity contribution in [3.63, 3.8) is 0 Å². The summed E-state index contributed by atoms with van der Waals surface area (Å²) in [7, 11) is 4.39. The van der Waals surface area contributed by atoms with Gasteiger partial charge in [0.25, 0.3) is 0 Å². The van der Waals surface area contributed by atoms with Crippen LogP contribution >= 0.6 is 0 Å². The molecule has 1 nitrogen and oxygen atoms in total. The predicted molar refractivity (Wildman–Crippen MR) is 74.3 cm³/mol. The van der Waals surface area contributed by atoms with Crippen molar-refractivity contribution in [2.24, 2.45) is 5.92 Å². The highest BCUT2D eigenvalue weighted by Gasteiger charge is 2.37. The van der Waals surface area contributed by atoms with E-state index in [1.807, 2.05) is 0 Å². The summed E-state index contributed by atoms with van der Waals surface area (Å²) in [6.07, 6.45) is 5.51. The van der Waals surface area contributed by atoms with Crippen LogP contribution in [0, 0.1) is 5.92 Å². The van der Waals surface area contributed by atoms with Gasteiger partial charge in [-0.2, -0.15) is 0 Å². The van der Waals surface area contributed by atoms with Gasteiger partial charge in [0.05, 0.1) is 0 Å². The second-order valence-electron chi connectivity index (χ2n) is 5.99. The summed E-state index contributed by atoms with van der Waals surface area (Å²) in [5, 5.41) is 0. The summed E-state index contributed by atoms with van der Waals surface area (Å²) in [6.45, 7) is 3.68. The van der Waals surface area contributed by atoms with E-state index < -0.39 is 0 Å². The Labute approximate surface area is 106 Å². The normalized spacial score (nSPS) is 29.5. The molecular weight excluding hydrogens is 206 g/mol. The van der Waals surface area contributed by atoms with Crippen LogP contribution in [-0.4, -0.2) is 25.5 Å². The Morgan fingerprint density at radius 1 is 1.18 bits per heavy atom. The molecule has 0 amide bonds. The maximum atomic E-state index is 2.47. The number of benzene rings is 1. The highest BCUT2D eigenvalue weighted by Crippen LogP contribution is 2.43. The highest BCUT2D eigenvalue weighted by atomic mass is 15.1. The molecular formula is C16H25N. The van der Waals surface area contributed by atoms with E-state index in [1.165, 1.54) is 37.8 Å². The number of hydrogen-bond acceptors (Lipinski definition) is 1. The zero-order valence-corrected chi connectivity index (χ0v) is 11.4. The Hall–Kier alpha value is -0.820. The van der Waals surface area contributed by atoms with Crippen LogP contribution in [0.25, 0.3) is 0 Å². The van der Waals surface area contributed by atoms with Crippen molar-refractivity contribution in [1.82, 2.24) is 4.90 Å². The SMILES string of the molecule is CN(C)CC1CCCCC1(C)c1ccccc1. The summed E-state index contributed by atoms with van der Waals surface area (Å²) in [5.41, 5.74) is 1.91. The molecule has 1 aromatic rings. The van der Waals surface area contributed by atoms with Crippen molar-refractivity contribution in [1.29, 1.82) is 0 Å². The van der Waals surface area contributed by atoms with Crippen LogP contribution in [0.15, 0.2) is 30.3 Å². The average Bonchev–Trinajstić information content (AvgIpc) is 2.33. The van der Waals surface area contributed by atoms with E-state index in [1.54, 1.807) is 0 Å². The molecule has 0 heterocycles. The van der Waals surface area contributed by atoms with Crippen LogP contribution in [-0.2, 0) is 5.41 Å². The van der Waals surface area contributed by atoms with Gasteiger partial charge in [-0.25, -0.2) is 0 Å². The quantitative estimate of drug-likeness (QED) is 0.767. The lowest BCUT2D eigenvalue weighted by Gasteiger charge is -2.43. The highest BCUT2D eigenvalue weighted by molar-refractivity contribution is 5.26. The van der Waals surface area contributed by atoms with Crippen LogP contribution in [0.1, 0.15) is 38.2 Å². The van der Waals surface area contributed by atoms with E-state index in [0.717, 1.165) is 5.92 Å². The molecule has 0 radical (unpaired) electrons. The number of rotatable bonds is 3. The number of nitrogens with zero attached hydrogens (tertiary/aromatic N) is 1. The Bertz CT molecular complexity index is 344. The first-order valence-corrected chi connectivity index (χ1v) is 6.83. The molecule has 0 bridgehead atoms. The molecule has 0 N–H and O–H groups in total. The van der Waals surface area contributed by atoms with Crippen molar-refractivity contribution in [3.8, 4) is 0 Å². The maximum absolute atomic E-state index is 2.47. The van der Waals surface area contributed by atoms with Gasteiger partial charge in [-0.15, -0.1) is 0 Å². The average molecular weight is 231 g/mol. The van der Waals surface area contributed by atoms with Crippen molar-refractivity contribution >= 4 is 0 Å². The topological polar surface area (TPSA) is 3.24 Å². The Morgan fingerprint density at radius 3 is 2.53 bits per heavy atom. The second kappa shape index (κ2) is 5.22. The molecule has 1 aliphatic carbocycles. The largest absolute Gasteiger partial charge is 0.309 e. The van der Waals surface area contributed by atoms with Crippen molar-refractivity contribution in [2.75, 3.05) is 20.6 Å². The molecule has 0 aliphatic heterocycles. The summed E-state index contributed by atoms with van der Waals surface area (Å²) < 4.78 is 0. The van der Waals surface area contributed by atoms with Gasteiger partial charge in [-0.05, 0) is 43.8 Å². The third-order valence-electron chi connectivity index (χ3n) is 4.42. The van der Waals surface area contributed by atoms with Crippen molar-refractivity contribution in [2.45, 2.75) is 38.0 Å². The molecule has 1 aliphatic rings. The van der Waals surface area contributed by atoms with Crippen LogP contribution in [0.3, 0.4) is 0 Å². The fourth-order valence-corrected chi connectivity index (χ4v) is 3.34. The molecule has 17 heavy (non-hydrogen) atoms. The first kappa shape index (κ1) is 12.6. The van der Waals surface area contributed by atoms with Crippen molar-refractivity contribution in [3.05, 3.63) is 35.9 Å². The summed E-state index contributed by atoms with van der Waals surface area (Å²) in [5.74, 6) is 0.800. The molecule has 2 unspecified atom stereocenters. The molecule has 94 valence electrons. The Balaban J connectivity index is 2.25. The fraction of sp³-hybridized carbons (Fsp3) is 0.625. The van der Waals surface area contributed by atoms with Crippen LogP contribution in [0.2, 0.25) is 0 Å². The monoisotopic (exact) mass is 231 g/mol. The first-order valence-electron chi connectivity index (χ1n) is 6.83. The molecule has 1 aromatic carbocycles. The Morgan fingerprint density at radius 2 is 1.88 bits per heavy atom. The molecule has 1 fully saturated rings. The van der Waals surface area contributed by atoms with Crippen LogP contribution in [0.4, 0.5) is 0 Å². The van der Waals surface area contributed by atoms with Crippen LogP contribution in [0.5, 0.6) is 0 Å². The molecule has 0 spiro atoms. The smallest absolute Gasteiger partial charge is 0.00120 e. The van der Waals surface area contributed by atoms with Gasteiger partial charge >= 0.3 is 0 Å². The van der Waals surface area contributed by atoms with E-state index in [4.69, 9.17) is 0 Å². The van der Waals surface area contributed by atoms with Gasteiger partial charge in [0, 0.05) is 6.54 Å². The lowest BCUT2D eigenvalue weighted by molar-refractivity contribution is 0.160. The maximum Gasteiger partial charge on any atom is 0.00120 e. The summed E-state index contributed by atoms with van der Waals surface area (Å²) >= 11 is 0. The van der Waals surface area contributed by atoms with E-state index >= 15 is 0 Å². The van der Waals surface area contributed by atoms with Gasteiger partial charge in [-0.3, -0.25) is 0 Å². The second-order valence-corrected chi connectivity index (χ2v) is 5.99. The first-order chi connectivity index (χ1) is 8.13. The van der Waals surface area contributed by atoms with Gasteiger partial charge < -0.3 is 4.90 Å². The van der Waals surface area contributed by atoms with E-state index in [0.29, 0.717) is 5.41 Å². The predicted octanol–water partition coefficient (Wildman–Crippen LogP) is 3.70. The van der Waals surface area contributed by atoms with Crippen LogP contribution < -0.4 is 0 Å². The lowest BCUT2D eigenvalue weighted by Crippen LogP contribution is -2.40. The minimum atomic E-state index is 0.379. The molecule has 1 saturated carbocycles.